The standard InChI is InChI=1S/C17H22BF3N2O4/c1-4-16(25)23(3)14(10-24)9-22-15(18(26)27)8-12-5-6-13(7-11(12)2)17(19,20)21/h4-7,10,14-15,22,26-27H,1,8-9H2,2-3H3/t14?,15-/m0/s1. The molecule has 148 valence electrons. The van der Waals surface area contributed by atoms with Gasteiger partial charge in [0.1, 0.15) is 6.29 Å². The zero-order valence-corrected chi connectivity index (χ0v) is 15.0. The summed E-state index contributed by atoms with van der Waals surface area (Å²) in [5, 5.41) is 21.9. The summed E-state index contributed by atoms with van der Waals surface area (Å²) in [7, 11) is -0.422. The van der Waals surface area contributed by atoms with Crippen LogP contribution in [0.3, 0.4) is 0 Å². The first kappa shape index (κ1) is 22.9. The van der Waals surface area contributed by atoms with E-state index in [-0.39, 0.29) is 13.0 Å². The van der Waals surface area contributed by atoms with Crippen molar-refractivity contribution in [1.29, 1.82) is 0 Å². The van der Waals surface area contributed by atoms with Crippen molar-refractivity contribution in [1.82, 2.24) is 10.2 Å². The van der Waals surface area contributed by atoms with Crippen molar-refractivity contribution in [3.8, 4) is 0 Å². The molecule has 27 heavy (non-hydrogen) atoms. The number of likely N-dealkylation sites (N-methyl/N-ethyl adjacent to an activating group) is 1. The maximum absolute atomic E-state index is 12.7. The van der Waals surface area contributed by atoms with Gasteiger partial charge in [0.25, 0.3) is 0 Å². The van der Waals surface area contributed by atoms with Crippen LogP contribution in [0.5, 0.6) is 0 Å². The predicted molar refractivity (Wildman–Crippen MR) is 94.7 cm³/mol. The summed E-state index contributed by atoms with van der Waals surface area (Å²) < 4.78 is 38.2. The number of halogens is 3. The van der Waals surface area contributed by atoms with Crippen molar-refractivity contribution in [3.05, 3.63) is 47.5 Å². The Labute approximate surface area is 155 Å². The van der Waals surface area contributed by atoms with Gasteiger partial charge < -0.3 is 25.1 Å². The normalized spacial score (nSPS) is 13.6. The minimum absolute atomic E-state index is 0.0202. The van der Waals surface area contributed by atoms with Crippen molar-refractivity contribution in [2.45, 2.75) is 31.5 Å². The van der Waals surface area contributed by atoms with Crippen LogP contribution in [-0.2, 0) is 22.2 Å². The summed E-state index contributed by atoms with van der Waals surface area (Å²) >= 11 is 0. The second kappa shape index (κ2) is 9.68. The lowest BCUT2D eigenvalue weighted by Crippen LogP contribution is -2.51. The maximum Gasteiger partial charge on any atom is 0.469 e. The van der Waals surface area contributed by atoms with E-state index in [0.717, 1.165) is 23.1 Å². The molecule has 0 bridgehead atoms. The Kier molecular flexibility index (Phi) is 8.20. The molecular weight excluding hydrogens is 364 g/mol. The first-order chi connectivity index (χ1) is 12.5. The van der Waals surface area contributed by atoms with Crippen LogP contribution in [0.1, 0.15) is 16.7 Å². The minimum Gasteiger partial charge on any atom is -0.426 e. The van der Waals surface area contributed by atoms with E-state index in [1.54, 1.807) is 0 Å². The van der Waals surface area contributed by atoms with E-state index in [2.05, 4.69) is 11.9 Å². The van der Waals surface area contributed by atoms with Crippen molar-refractivity contribution in [2.24, 2.45) is 0 Å². The largest absolute Gasteiger partial charge is 0.469 e. The molecule has 0 aliphatic carbocycles. The lowest BCUT2D eigenvalue weighted by Gasteiger charge is -2.26. The second-order valence-electron chi connectivity index (χ2n) is 6.13. The van der Waals surface area contributed by atoms with Crippen LogP contribution in [0.2, 0.25) is 0 Å². The molecule has 0 aromatic heterocycles. The highest BCUT2D eigenvalue weighted by molar-refractivity contribution is 6.43. The number of hydrogen-bond acceptors (Lipinski definition) is 5. The van der Waals surface area contributed by atoms with E-state index < -0.39 is 36.7 Å². The summed E-state index contributed by atoms with van der Waals surface area (Å²) in [5.41, 5.74) is 0.0540. The highest BCUT2D eigenvalue weighted by Gasteiger charge is 2.31. The summed E-state index contributed by atoms with van der Waals surface area (Å²) in [5.74, 6) is -1.43. The summed E-state index contributed by atoms with van der Waals surface area (Å²) in [6, 6.07) is 2.32. The topological polar surface area (TPSA) is 89.9 Å². The molecule has 1 rings (SSSR count). The van der Waals surface area contributed by atoms with Gasteiger partial charge in [-0.1, -0.05) is 12.6 Å². The Morgan fingerprint density at radius 3 is 2.48 bits per heavy atom. The molecule has 0 spiro atoms. The number of hydrogen-bond donors (Lipinski definition) is 3. The third-order valence-corrected chi connectivity index (χ3v) is 4.24. The zero-order chi connectivity index (χ0) is 20.8. The van der Waals surface area contributed by atoms with Gasteiger partial charge in [-0.05, 0) is 42.7 Å². The maximum atomic E-state index is 12.7. The van der Waals surface area contributed by atoms with E-state index in [4.69, 9.17) is 0 Å². The molecule has 0 saturated heterocycles. The van der Waals surface area contributed by atoms with Gasteiger partial charge in [-0.25, -0.2) is 0 Å². The van der Waals surface area contributed by atoms with Crippen LogP contribution in [0.15, 0.2) is 30.9 Å². The van der Waals surface area contributed by atoms with E-state index in [1.165, 1.54) is 20.0 Å². The first-order valence-electron chi connectivity index (χ1n) is 8.12. The molecule has 1 aromatic carbocycles. The Hall–Kier alpha value is -2.17. The van der Waals surface area contributed by atoms with Gasteiger partial charge in [-0.15, -0.1) is 0 Å². The number of nitrogens with one attached hydrogen (secondary N) is 1. The number of carbonyl (C=O) groups excluding carboxylic acids is 2. The Morgan fingerprint density at radius 2 is 2.04 bits per heavy atom. The molecule has 10 heteroatoms. The summed E-state index contributed by atoms with van der Waals surface area (Å²) in [6.45, 7) is 4.75. The predicted octanol–water partition coefficient (Wildman–Crippen LogP) is 0.738. The van der Waals surface area contributed by atoms with Crippen LogP contribution in [0, 0.1) is 6.92 Å². The lowest BCUT2D eigenvalue weighted by molar-refractivity contribution is -0.137. The molecule has 1 aromatic rings. The van der Waals surface area contributed by atoms with E-state index in [1.807, 2.05) is 0 Å². The fraction of sp³-hybridized carbons (Fsp3) is 0.412. The van der Waals surface area contributed by atoms with E-state index >= 15 is 0 Å². The van der Waals surface area contributed by atoms with Gasteiger partial charge in [0.15, 0.2) is 0 Å². The smallest absolute Gasteiger partial charge is 0.426 e. The molecule has 2 atom stereocenters. The number of aldehydes is 1. The molecule has 0 aliphatic rings. The average Bonchev–Trinajstić information content (AvgIpc) is 2.60. The molecular formula is C17H22BF3N2O4. The van der Waals surface area contributed by atoms with E-state index in [9.17, 15) is 32.8 Å². The average molecular weight is 386 g/mol. The van der Waals surface area contributed by atoms with Crippen molar-refractivity contribution in [2.75, 3.05) is 13.6 Å². The molecule has 3 N–H and O–H groups in total. The van der Waals surface area contributed by atoms with Crippen molar-refractivity contribution < 1.29 is 32.8 Å². The quantitative estimate of drug-likeness (QED) is 0.331. The molecule has 0 radical (unpaired) electrons. The van der Waals surface area contributed by atoms with Gasteiger partial charge in [0.2, 0.25) is 5.91 Å². The molecule has 1 amide bonds. The molecule has 0 aliphatic heterocycles. The molecule has 0 saturated carbocycles. The first-order valence-corrected chi connectivity index (χ1v) is 8.12. The molecule has 0 fully saturated rings. The fourth-order valence-corrected chi connectivity index (χ4v) is 2.48. The van der Waals surface area contributed by atoms with Gasteiger partial charge in [0.05, 0.1) is 11.6 Å². The van der Waals surface area contributed by atoms with E-state index in [0.29, 0.717) is 17.4 Å². The fourth-order valence-electron chi connectivity index (χ4n) is 2.48. The third-order valence-electron chi connectivity index (χ3n) is 4.24. The number of alkyl halides is 3. The van der Waals surface area contributed by atoms with Gasteiger partial charge >= 0.3 is 13.3 Å². The Balaban J connectivity index is 2.87. The molecule has 6 nitrogen and oxygen atoms in total. The number of carbonyl (C=O) groups is 2. The van der Waals surface area contributed by atoms with Crippen LogP contribution in [0.25, 0.3) is 0 Å². The number of amides is 1. The number of rotatable bonds is 9. The van der Waals surface area contributed by atoms with Crippen LogP contribution in [0.4, 0.5) is 13.2 Å². The van der Waals surface area contributed by atoms with Gasteiger partial charge in [-0.2, -0.15) is 13.2 Å². The number of aryl methyl sites for hydroxylation is 1. The summed E-state index contributed by atoms with van der Waals surface area (Å²) in [4.78, 5) is 23.9. The third kappa shape index (κ3) is 6.49. The van der Waals surface area contributed by atoms with Crippen molar-refractivity contribution >= 4 is 19.3 Å². The molecule has 1 unspecified atom stereocenters. The summed E-state index contributed by atoms with van der Waals surface area (Å²) in [6.07, 6.45) is -2.87. The zero-order valence-electron chi connectivity index (χ0n) is 15.0. The lowest BCUT2D eigenvalue weighted by atomic mass is 9.75. The Bertz CT molecular complexity index is 683. The van der Waals surface area contributed by atoms with Crippen LogP contribution in [-0.4, -0.2) is 59.8 Å². The second-order valence-corrected chi connectivity index (χ2v) is 6.13. The van der Waals surface area contributed by atoms with Gasteiger partial charge in [0, 0.05) is 19.5 Å². The van der Waals surface area contributed by atoms with Crippen LogP contribution >= 0.6 is 0 Å². The van der Waals surface area contributed by atoms with Crippen LogP contribution < -0.4 is 5.32 Å². The number of nitrogens with zero attached hydrogens (tertiary/aromatic N) is 1. The Morgan fingerprint density at radius 1 is 1.41 bits per heavy atom. The highest BCUT2D eigenvalue weighted by atomic mass is 19.4. The van der Waals surface area contributed by atoms with Crippen molar-refractivity contribution in [3.63, 3.8) is 0 Å². The SMILES string of the molecule is C=CC(=O)N(C)C(C=O)CN[C@@H](Cc1ccc(C(F)(F)F)cc1C)B(O)O. The number of benzene rings is 1. The minimum atomic E-state index is -4.46. The van der Waals surface area contributed by atoms with Gasteiger partial charge in [-0.3, -0.25) is 4.79 Å². The highest BCUT2D eigenvalue weighted by Crippen LogP contribution is 2.30. The molecule has 0 heterocycles. The monoisotopic (exact) mass is 386 g/mol.